The fourth-order valence-electron chi connectivity index (χ4n) is 2.62. The molecule has 0 fully saturated rings. The summed E-state index contributed by atoms with van der Waals surface area (Å²) in [5.74, 6) is 2.02. The molecule has 2 aliphatic heterocycles. The molecule has 0 aliphatic carbocycles. The second kappa shape index (κ2) is 6.29. The largest absolute Gasteiger partial charge is 0.486 e. The van der Waals surface area contributed by atoms with Crippen LogP contribution in [0.1, 0.15) is 5.56 Å². The first-order chi connectivity index (χ1) is 11.8. The Balaban J connectivity index is 1.47. The van der Waals surface area contributed by atoms with Crippen molar-refractivity contribution in [3.63, 3.8) is 0 Å². The average Bonchev–Trinajstić information content (AvgIpc) is 2.62. The van der Waals surface area contributed by atoms with Crippen LogP contribution in [0.15, 0.2) is 36.4 Å². The van der Waals surface area contributed by atoms with Crippen LogP contribution in [-0.4, -0.2) is 26.0 Å². The number of nitrogens with one attached hydrogen (secondary N) is 2. The number of hydrogen-bond donors (Lipinski definition) is 2. The first-order valence-corrected chi connectivity index (χ1v) is 7.60. The Morgan fingerprint density at radius 3 is 2.71 bits per heavy atom. The maximum Gasteiger partial charge on any atom is 0.323 e. The Kier molecular flexibility index (Phi) is 3.84. The molecule has 2 amide bonds. The molecule has 24 heavy (non-hydrogen) atoms. The molecule has 2 aromatic rings. The first kappa shape index (κ1) is 14.6. The molecule has 7 heteroatoms. The molecular formula is C17H16N2O5. The average molecular weight is 328 g/mol. The van der Waals surface area contributed by atoms with Crippen LogP contribution < -0.4 is 24.8 Å². The quantitative estimate of drug-likeness (QED) is 0.886. The van der Waals surface area contributed by atoms with E-state index in [2.05, 4.69) is 10.6 Å². The van der Waals surface area contributed by atoms with E-state index in [1.54, 1.807) is 24.3 Å². The molecule has 0 atom stereocenters. The Morgan fingerprint density at radius 1 is 0.917 bits per heavy atom. The number of ether oxygens (including phenoxy) is 4. The molecule has 2 aromatic carbocycles. The van der Waals surface area contributed by atoms with Crippen LogP contribution in [0.4, 0.5) is 16.2 Å². The van der Waals surface area contributed by atoms with Gasteiger partial charge in [0.15, 0.2) is 18.3 Å². The van der Waals surface area contributed by atoms with Gasteiger partial charge in [-0.15, -0.1) is 0 Å². The molecule has 0 bridgehead atoms. The number of carbonyl (C=O) groups excluding carboxylic acids is 1. The van der Waals surface area contributed by atoms with Gasteiger partial charge in [0.2, 0.25) is 0 Å². The summed E-state index contributed by atoms with van der Waals surface area (Å²) in [6, 6.07) is 10.4. The van der Waals surface area contributed by atoms with Gasteiger partial charge in [-0.2, -0.15) is 0 Å². The third-order valence-corrected chi connectivity index (χ3v) is 3.73. The van der Waals surface area contributed by atoms with Gasteiger partial charge in [0.25, 0.3) is 0 Å². The predicted molar refractivity (Wildman–Crippen MR) is 86.8 cm³/mol. The zero-order valence-electron chi connectivity index (χ0n) is 12.8. The Bertz CT molecular complexity index is 778. The van der Waals surface area contributed by atoms with E-state index >= 15 is 0 Å². The second-order valence-electron chi connectivity index (χ2n) is 5.33. The summed E-state index contributed by atoms with van der Waals surface area (Å²) in [6.07, 6.45) is 0. The summed E-state index contributed by atoms with van der Waals surface area (Å²) >= 11 is 0. The van der Waals surface area contributed by atoms with Crippen LogP contribution in [0.5, 0.6) is 17.2 Å². The van der Waals surface area contributed by atoms with Crippen LogP contribution in [0.3, 0.4) is 0 Å². The molecule has 2 aliphatic rings. The molecule has 0 aromatic heterocycles. The Labute approximate surface area is 138 Å². The van der Waals surface area contributed by atoms with E-state index in [9.17, 15) is 4.79 Å². The molecular weight excluding hydrogens is 312 g/mol. The highest BCUT2D eigenvalue weighted by Crippen LogP contribution is 2.33. The van der Waals surface area contributed by atoms with Crippen LogP contribution in [0, 0.1) is 0 Å². The number of rotatable bonds is 2. The fourth-order valence-corrected chi connectivity index (χ4v) is 2.62. The summed E-state index contributed by atoms with van der Waals surface area (Å²) < 4.78 is 21.6. The maximum atomic E-state index is 12.3. The van der Waals surface area contributed by atoms with Crippen LogP contribution in [-0.2, 0) is 11.3 Å². The highest BCUT2D eigenvalue weighted by molar-refractivity contribution is 6.00. The van der Waals surface area contributed by atoms with Crippen molar-refractivity contribution in [2.45, 2.75) is 6.61 Å². The topological polar surface area (TPSA) is 78.1 Å². The molecule has 124 valence electrons. The number of benzene rings is 2. The van der Waals surface area contributed by atoms with Gasteiger partial charge in [-0.25, -0.2) is 4.79 Å². The van der Waals surface area contributed by atoms with Crippen LogP contribution >= 0.6 is 0 Å². The second-order valence-corrected chi connectivity index (χ2v) is 5.33. The molecule has 7 nitrogen and oxygen atoms in total. The van der Waals surface area contributed by atoms with E-state index in [1.165, 1.54) is 0 Å². The minimum absolute atomic E-state index is 0.222. The number of anilines is 2. The van der Waals surface area contributed by atoms with Crippen molar-refractivity contribution in [2.24, 2.45) is 0 Å². The molecule has 0 radical (unpaired) electrons. The van der Waals surface area contributed by atoms with Gasteiger partial charge in [0, 0.05) is 17.3 Å². The van der Waals surface area contributed by atoms with E-state index in [-0.39, 0.29) is 12.8 Å². The van der Waals surface area contributed by atoms with Gasteiger partial charge >= 0.3 is 6.03 Å². The summed E-state index contributed by atoms with van der Waals surface area (Å²) in [4.78, 5) is 12.3. The highest BCUT2D eigenvalue weighted by Gasteiger charge is 2.17. The molecule has 2 N–H and O–H groups in total. The third kappa shape index (κ3) is 2.93. The summed E-state index contributed by atoms with van der Waals surface area (Å²) in [5, 5.41) is 5.60. The van der Waals surface area contributed by atoms with Crippen molar-refractivity contribution in [1.29, 1.82) is 0 Å². The zero-order valence-corrected chi connectivity index (χ0v) is 12.8. The lowest BCUT2D eigenvalue weighted by Gasteiger charge is -2.21. The smallest absolute Gasteiger partial charge is 0.323 e. The number of urea groups is 1. The third-order valence-electron chi connectivity index (χ3n) is 3.73. The minimum Gasteiger partial charge on any atom is -0.486 e. The van der Waals surface area contributed by atoms with E-state index in [0.717, 1.165) is 11.3 Å². The van der Waals surface area contributed by atoms with Crippen molar-refractivity contribution in [1.82, 2.24) is 0 Å². The molecule has 4 rings (SSSR count). The maximum absolute atomic E-state index is 12.3. The monoisotopic (exact) mass is 328 g/mol. The standard InChI is InChI=1S/C17H16N2O5/c20-17(18-11-4-5-15-16(8-11)23-7-6-22-15)19-13-2-1-3-14-12(13)9-21-10-24-14/h1-5,8H,6-7,9-10H2,(H2,18,19,20). The lowest BCUT2D eigenvalue weighted by atomic mass is 10.1. The molecule has 2 heterocycles. The van der Waals surface area contributed by atoms with Crippen LogP contribution in [0.25, 0.3) is 0 Å². The van der Waals surface area contributed by atoms with E-state index in [0.29, 0.717) is 42.7 Å². The number of amides is 2. The van der Waals surface area contributed by atoms with E-state index in [4.69, 9.17) is 18.9 Å². The lowest BCUT2D eigenvalue weighted by Crippen LogP contribution is -2.22. The highest BCUT2D eigenvalue weighted by atomic mass is 16.7. The predicted octanol–water partition coefficient (Wildman–Crippen LogP) is 2.97. The van der Waals surface area contributed by atoms with Crippen molar-refractivity contribution in [3.8, 4) is 17.2 Å². The fraction of sp³-hybridized carbons (Fsp3) is 0.235. The van der Waals surface area contributed by atoms with Crippen LogP contribution in [0.2, 0.25) is 0 Å². The van der Waals surface area contributed by atoms with Crippen molar-refractivity contribution < 1.29 is 23.7 Å². The number of carbonyl (C=O) groups is 1. The van der Waals surface area contributed by atoms with Crippen molar-refractivity contribution >= 4 is 17.4 Å². The Hall–Kier alpha value is -2.93. The van der Waals surface area contributed by atoms with Gasteiger partial charge in [-0.3, -0.25) is 0 Å². The number of hydrogen-bond acceptors (Lipinski definition) is 5. The van der Waals surface area contributed by atoms with Gasteiger partial charge in [0.1, 0.15) is 19.0 Å². The summed E-state index contributed by atoms with van der Waals surface area (Å²) in [6.45, 7) is 1.65. The summed E-state index contributed by atoms with van der Waals surface area (Å²) in [5.41, 5.74) is 2.09. The number of fused-ring (bicyclic) bond motifs is 2. The minimum atomic E-state index is -0.356. The lowest BCUT2D eigenvalue weighted by molar-refractivity contribution is -0.0159. The van der Waals surface area contributed by atoms with Crippen molar-refractivity contribution in [3.05, 3.63) is 42.0 Å². The molecule has 0 saturated heterocycles. The van der Waals surface area contributed by atoms with Gasteiger partial charge in [0.05, 0.1) is 12.3 Å². The van der Waals surface area contributed by atoms with E-state index in [1.807, 2.05) is 12.1 Å². The van der Waals surface area contributed by atoms with Crippen molar-refractivity contribution in [2.75, 3.05) is 30.6 Å². The summed E-state index contributed by atoms with van der Waals surface area (Å²) in [7, 11) is 0. The molecule has 0 saturated carbocycles. The normalized spacial score (nSPS) is 15.0. The first-order valence-electron chi connectivity index (χ1n) is 7.60. The molecule has 0 spiro atoms. The van der Waals surface area contributed by atoms with Gasteiger partial charge in [-0.05, 0) is 24.3 Å². The van der Waals surface area contributed by atoms with Gasteiger partial charge < -0.3 is 29.6 Å². The molecule has 0 unspecified atom stereocenters. The van der Waals surface area contributed by atoms with Gasteiger partial charge in [-0.1, -0.05) is 6.07 Å². The zero-order chi connectivity index (χ0) is 16.4. The van der Waals surface area contributed by atoms with E-state index < -0.39 is 0 Å². The SMILES string of the molecule is O=C(Nc1ccc2c(c1)OCCO2)Nc1cccc2c1COCO2. The Morgan fingerprint density at radius 2 is 1.79 bits per heavy atom.